The molecule has 5 rings (SSSR count). The Bertz CT molecular complexity index is 462. The SMILES string of the molecule is OCCC1CC[C@@H]2OC3C[C@]2(C[C@H]2OC4(CCCCC4)O[C@@H]32)O1. The second kappa shape index (κ2) is 5.40. The number of ether oxygens (including phenoxy) is 4. The maximum absolute atomic E-state index is 9.24. The number of hydrogen-bond donors (Lipinski definition) is 1. The quantitative estimate of drug-likeness (QED) is 0.844. The van der Waals surface area contributed by atoms with Gasteiger partial charge >= 0.3 is 0 Å². The molecule has 0 radical (unpaired) electrons. The summed E-state index contributed by atoms with van der Waals surface area (Å²) in [5, 5.41) is 9.24. The van der Waals surface area contributed by atoms with E-state index in [1.807, 2.05) is 0 Å². The van der Waals surface area contributed by atoms with Crippen LogP contribution in [0.25, 0.3) is 0 Å². The minimum absolute atomic E-state index is 0.0872. The smallest absolute Gasteiger partial charge is 0.169 e. The predicted octanol–water partition coefficient (Wildman–Crippen LogP) is 2.29. The minimum atomic E-state index is -0.341. The first-order valence-corrected chi connectivity index (χ1v) is 9.52. The van der Waals surface area contributed by atoms with E-state index in [4.69, 9.17) is 18.9 Å². The molecule has 5 nitrogen and oxygen atoms in total. The molecule has 0 aromatic rings. The number of fused-ring (bicyclic) bond motifs is 3. The number of aliphatic hydroxyl groups excluding tert-OH is 1. The van der Waals surface area contributed by atoms with Crippen LogP contribution in [0.1, 0.15) is 64.2 Å². The summed E-state index contributed by atoms with van der Waals surface area (Å²) in [4.78, 5) is 0. The molecule has 3 heterocycles. The lowest BCUT2D eigenvalue weighted by Crippen LogP contribution is -2.53. The maximum Gasteiger partial charge on any atom is 0.169 e. The Kier molecular flexibility index (Phi) is 3.54. The molecule has 6 atom stereocenters. The summed E-state index contributed by atoms with van der Waals surface area (Å²) in [7, 11) is 0. The van der Waals surface area contributed by atoms with Crippen LogP contribution in [0.2, 0.25) is 0 Å². The molecule has 5 heteroatoms. The highest BCUT2D eigenvalue weighted by molar-refractivity contribution is 5.12. The van der Waals surface area contributed by atoms with Crippen molar-refractivity contribution in [2.24, 2.45) is 0 Å². The van der Waals surface area contributed by atoms with Crippen molar-refractivity contribution in [3.63, 3.8) is 0 Å². The predicted molar refractivity (Wildman–Crippen MR) is 82.0 cm³/mol. The van der Waals surface area contributed by atoms with Crippen LogP contribution in [0.4, 0.5) is 0 Å². The summed E-state index contributed by atoms with van der Waals surface area (Å²) in [6.07, 6.45) is 11.0. The van der Waals surface area contributed by atoms with Crippen LogP contribution in [-0.4, -0.2) is 53.6 Å². The van der Waals surface area contributed by atoms with Gasteiger partial charge in [-0.25, -0.2) is 0 Å². The summed E-state index contributed by atoms with van der Waals surface area (Å²) in [6.45, 7) is 0.199. The first kappa shape index (κ1) is 15.1. The molecule has 5 aliphatic rings. The molecule has 130 valence electrons. The summed E-state index contributed by atoms with van der Waals surface area (Å²) >= 11 is 0. The van der Waals surface area contributed by atoms with E-state index in [9.17, 15) is 5.11 Å². The minimum Gasteiger partial charge on any atom is -0.396 e. The Hall–Kier alpha value is -0.200. The third-order valence-electron chi connectivity index (χ3n) is 6.69. The van der Waals surface area contributed by atoms with Gasteiger partial charge in [0, 0.05) is 32.3 Å². The molecule has 23 heavy (non-hydrogen) atoms. The molecule has 2 aliphatic carbocycles. The zero-order valence-electron chi connectivity index (χ0n) is 13.7. The summed E-state index contributed by atoms with van der Waals surface area (Å²) in [6, 6.07) is 0. The largest absolute Gasteiger partial charge is 0.396 e. The highest BCUT2D eigenvalue weighted by Gasteiger charge is 2.65. The van der Waals surface area contributed by atoms with Gasteiger partial charge in [0.25, 0.3) is 0 Å². The zero-order chi connectivity index (χ0) is 15.5. The topological polar surface area (TPSA) is 57.2 Å². The Balaban J connectivity index is 1.36. The fourth-order valence-corrected chi connectivity index (χ4v) is 5.68. The van der Waals surface area contributed by atoms with Crippen molar-refractivity contribution >= 4 is 0 Å². The highest BCUT2D eigenvalue weighted by atomic mass is 16.8. The Morgan fingerprint density at radius 3 is 2.57 bits per heavy atom. The molecule has 5 fully saturated rings. The van der Waals surface area contributed by atoms with E-state index < -0.39 is 0 Å². The second-order valence-corrected chi connectivity index (χ2v) is 8.18. The Morgan fingerprint density at radius 2 is 1.74 bits per heavy atom. The van der Waals surface area contributed by atoms with E-state index in [2.05, 4.69) is 0 Å². The van der Waals surface area contributed by atoms with Gasteiger partial charge in [0.15, 0.2) is 5.79 Å². The number of rotatable bonds is 2. The van der Waals surface area contributed by atoms with E-state index in [1.54, 1.807) is 0 Å². The van der Waals surface area contributed by atoms with E-state index in [0.29, 0.717) is 0 Å². The van der Waals surface area contributed by atoms with Crippen molar-refractivity contribution in [3.05, 3.63) is 0 Å². The molecule has 2 bridgehead atoms. The van der Waals surface area contributed by atoms with Crippen LogP contribution in [-0.2, 0) is 18.9 Å². The highest BCUT2D eigenvalue weighted by Crippen LogP contribution is 2.55. The first-order valence-electron chi connectivity index (χ1n) is 9.52. The van der Waals surface area contributed by atoms with E-state index in [1.165, 1.54) is 19.3 Å². The van der Waals surface area contributed by atoms with Gasteiger partial charge in [-0.2, -0.15) is 0 Å². The zero-order valence-corrected chi connectivity index (χ0v) is 13.7. The summed E-state index contributed by atoms with van der Waals surface area (Å²) in [5.74, 6) is -0.341. The molecule has 2 spiro atoms. The lowest BCUT2D eigenvalue weighted by molar-refractivity contribution is -0.216. The summed E-state index contributed by atoms with van der Waals surface area (Å²) < 4.78 is 25.8. The van der Waals surface area contributed by atoms with E-state index in [0.717, 1.165) is 44.9 Å². The van der Waals surface area contributed by atoms with Crippen LogP contribution < -0.4 is 0 Å². The lowest BCUT2D eigenvalue weighted by atomic mass is 9.76. The van der Waals surface area contributed by atoms with Crippen LogP contribution >= 0.6 is 0 Å². The molecule has 0 aromatic carbocycles. The standard InChI is InChI=1S/C18H28O5/c19-9-6-12-4-5-15-17(21-12)10-13(20-15)16-14(11-17)22-18(23-16)7-2-1-3-8-18/h12-16,19H,1-11H2/t12?,13?,14-,15+,16+,17-/m1/s1. The molecule has 3 aliphatic heterocycles. The van der Waals surface area contributed by atoms with Crippen LogP contribution in [0, 0.1) is 0 Å². The van der Waals surface area contributed by atoms with Gasteiger partial charge in [-0.05, 0) is 32.1 Å². The normalized spacial score (nSPS) is 50.7. The van der Waals surface area contributed by atoms with Gasteiger partial charge in [0.2, 0.25) is 0 Å². The maximum atomic E-state index is 9.24. The van der Waals surface area contributed by atoms with Crippen molar-refractivity contribution in [2.75, 3.05) is 6.61 Å². The third kappa shape index (κ3) is 2.31. The third-order valence-corrected chi connectivity index (χ3v) is 6.69. The van der Waals surface area contributed by atoms with E-state index in [-0.39, 0.29) is 48.5 Å². The summed E-state index contributed by atoms with van der Waals surface area (Å²) in [5.41, 5.74) is -0.201. The number of aliphatic hydroxyl groups is 1. The van der Waals surface area contributed by atoms with Gasteiger partial charge < -0.3 is 24.1 Å². The fraction of sp³-hybridized carbons (Fsp3) is 1.00. The van der Waals surface area contributed by atoms with Crippen LogP contribution in [0.3, 0.4) is 0 Å². The molecule has 2 saturated carbocycles. The molecule has 2 unspecified atom stereocenters. The van der Waals surface area contributed by atoms with Gasteiger partial charge in [0.1, 0.15) is 6.10 Å². The monoisotopic (exact) mass is 324 g/mol. The van der Waals surface area contributed by atoms with Gasteiger partial charge in [-0.1, -0.05) is 6.42 Å². The molecule has 3 saturated heterocycles. The van der Waals surface area contributed by atoms with Crippen molar-refractivity contribution < 1.29 is 24.1 Å². The lowest BCUT2D eigenvalue weighted by Gasteiger charge is -2.44. The molecule has 0 amide bonds. The van der Waals surface area contributed by atoms with Gasteiger partial charge in [0.05, 0.1) is 30.0 Å². The van der Waals surface area contributed by atoms with Crippen LogP contribution in [0.15, 0.2) is 0 Å². The number of hydrogen-bond acceptors (Lipinski definition) is 5. The molecular weight excluding hydrogens is 296 g/mol. The van der Waals surface area contributed by atoms with Gasteiger partial charge in [-0.3, -0.25) is 0 Å². The average molecular weight is 324 g/mol. The molecule has 1 N–H and O–H groups in total. The van der Waals surface area contributed by atoms with Crippen molar-refractivity contribution in [1.82, 2.24) is 0 Å². The van der Waals surface area contributed by atoms with Crippen molar-refractivity contribution in [1.29, 1.82) is 0 Å². The second-order valence-electron chi connectivity index (χ2n) is 8.18. The average Bonchev–Trinajstić information content (AvgIpc) is 3.04. The first-order chi connectivity index (χ1) is 11.2. The van der Waals surface area contributed by atoms with Gasteiger partial charge in [-0.15, -0.1) is 0 Å². The van der Waals surface area contributed by atoms with E-state index >= 15 is 0 Å². The van der Waals surface area contributed by atoms with Crippen molar-refractivity contribution in [3.8, 4) is 0 Å². The van der Waals surface area contributed by atoms with Crippen LogP contribution in [0.5, 0.6) is 0 Å². The Morgan fingerprint density at radius 1 is 0.913 bits per heavy atom. The molecular formula is C18H28O5. The Labute approximate surface area is 137 Å². The fourth-order valence-electron chi connectivity index (χ4n) is 5.68. The molecule has 0 aromatic heterocycles. The van der Waals surface area contributed by atoms with Crippen molar-refractivity contribution in [2.45, 2.75) is 106 Å².